The largest absolute Gasteiger partial charge is 0.481 e. The smallest absolute Gasteiger partial charge is 0.306 e. The second-order valence-electron chi connectivity index (χ2n) is 3.42. The topological polar surface area (TPSA) is 63.6 Å². The predicted octanol–water partition coefficient (Wildman–Crippen LogP) is 1.05. The minimum atomic E-state index is -0.786. The second kappa shape index (κ2) is 4.25. The lowest BCUT2D eigenvalue weighted by atomic mass is 9.93. The zero-order chi connectivity index (χ0) is 9.84. The molecule has 0 unspecified atom stereocenters. The second-order valence-corrected chi connectivity index (χ2v) is 3.42. The van der Waals surface area contributed by atoms with E-state index in [0.29, 0.717) is 6.42 Å². The van der Waals surface area contributed by atoms with Crippen molar-refractivity contribution in [2.45, 2.75) is 25.7 Å². The summed E-state index contributed by atoms with van der Waals surface area (Å²) in [5.74, 6) is -1.46. The molecule has 74 valence electrons. The van der Waals surface area contributed by atoms with Crippen LogP contribution < -0.4 is 0 Å². The Balaban J connectivity index is 2.48. The first kappa shape index (κ1) is 10.0. The molecule has 0 saturated heterocycles. The van der Waals surface area contributed by atoms with Crippen LogP contribution in [-0.2, 0) is 14.3 Å². The maximum atomic E-state index is 10.9. The van der Waals surface area contributed by atoms with Gasteiger partial charge in [0.2, 0.25) is 0 Å². The fourth-order valence-corrected chi connectivity index (χ4v) is 1.90. The van der Waals surface area contributed by atoms with Gasteiger partial charge in [0.05, 0.1) is 13.0 Å². The van der Waals surface area contributed by atoms with Crippen LogP contribution in [0.25, 0.3) is 0 Å². The van der Waals surface area contributed by atoms with Crippen molar-refractivity contribution < 1.29 is 19.4 Å². The highest BCUT2D eigenvalue weighted by molar-refractivity contribution is 5.74. The van der Waals surface area contributed by atoms with Crippen LogP contribution in [0.5, 0.6) is 0 Å². The Kier molecular flexibility index (Phi) is 3.28. The van der Waals surface area contributed by atoms with E-state index in [1.165, 1.54) is 7.11 Å². The van der Waals surface area contributed by atoms with Crippen LogP contribution in [0.15, 0.2) is 0 Å². The minimum Gasteiger partial charge on any atom is -0.481 e. The van der Waals surface area contributed by atoms with Crippen LogP contribution in [0.2, 0.25) is 0 Å². The maximum Gasteiger partial charge on any atom is 0.306 e. The summed E-state index contributed by atoms with van der Waals surface area (Å²) in [6.45, 7) is 0. The van der Waals surface area contributed by atoms with Crippen molar-refractivity contribution in [2.75, 3.05) is 7.11 Å². The molecule has 0 aromatic rings. The van der Waals surface area contributed by atoms with Gasteiger partial charge in [-0.1, -0.05) is 6.42 Å². The number of methoxy groups -OCH3 is 1. The van der Waals surface area contributed by atoms with Gasteiger partial charge in [0.1, 0.15) is 0 Å². The molecular formula is C9H14O4. The van der Waals surface area contributed by atoms with E-state index in [0.717, 1.165) is 12.8 Å². The third-order valence-corrected chi connectivity index (χ3v) is 2.63. The molecule has 0 amide bonds. The summed E-state index contributed by atoms with van der Waals surface area (Å²) in [5, 5.41) is 8.82. The highest BCUT2D eigenvalue weighted by Crippen LogP contribution is 2.34. The molecule has 1 fully saturated rings. The summed E-state index contributed by atoms with van der Waals surface area (Å²) in [5.41, 5.74) is 0. The van der Waals surface area contributed by atoms with Gasteiger partial charge in [-0.25, -0.2) is 0 Å². The van der Waals surface area contributed by atoms with E-state index in [-0.39, 0.29) is 24.2 Å². The minimum absolute atomic E-state index is 0.0232. The zero-order valence-electron chi connectivity index (χ0n) is 7.66. The number of hydrogen-bond donors (Lipinski definition) is 1. The molecule has 4 nitrogen and oxygen atoms in total. The molecule has 4 heteroatoms. The van der Waals surface area contributed by atoms with Gasteiger partial charge in [0, 0.05) is 6.42 Å². The van der Waals surface area contributed by atoms with Crippen LogP contribution in [0.1, 0.15) is 25.7 Å². The predicted molar refractivity (Wildman–Crippen MR) is 45.1 cm³/mol. The normalized spacial score (nSPS) is 27.2. The molecule has 1 aliphatic carbocycles. The number of rotatable bonds is 3. The van der Waals surface area contributed by atoms with Crippen molar-refractivity contribution in [1.29, 1.82) is 0 Å². The summed E-state index contributed by atoms with van der Waals surface area (Å²) >= 11 is 0. The van der Waals surface area contributed by atoms with Crippen molar-refractivity contribution in [3.8, 4) is 0 Å². The molecule has 0 heterocycles. The Morgan fingerprint density at radius 1 is 1.46 bits per heavy atom. The summed E-state index contributed by atoms with van der Waals surface area (Å²) in [4.78, 5) is 21.7. The van der Waals surface area contributed by atoms with E-state index in [4.69, 9.17) is 5.11 Å². The number of carbonyl (C=O) groups is 2. The number of carbonyl (C=O) groups excluding carboxylic acids is 1. The third-order valence-electron chi connectivity index (χ3n) is 2.63. The van der Waals surface area contributed by atoms with E-state index in [1.54, 1.807) is 0 Å². The lowest BCUT2D eigenvalue weighted by Crippen LogP contribution is -2.21. The molecule has 0 aromatic heterocycles. The van der Waals surface area contributed by atoms with Crippen molar-refractivity contribution >= 4 is 11.9 Å². The summed E-state index contributed by atoms with van der Waals surface area (Å²) < 4.78 is 4.51. The van der Waals surface area contributed by atoms with Crippen LogP contribution in [0, 0.1) is 11.8 Å². The Labute approximate surface area is 76.9 Å². The Morgan fingerprint density at radius 2 is 2.15 bits per heavy atom. The van der Waals surface area contributed by atoms with Gasteiger partial charge in [-0.15, -0.1) is 0 Å². The third kappa shape index (κ3) is 2.44. The standard InChI is InChI=1S/C9H14O4/c1-13-8(10)5-6-3-2-4-7(6)9(11)12/h6-7H,2-5H2,1H3,(H,11,12)/t6-,7+/m0/s1. The van der Waals surface area contributed by atoms with Gasteiger partial charge in [-0.05, 0) is 18.8 Å². The Morgan fingerprint density at radius 3 is 2.69 bits per heavy atom. The first-order chi connectivity index (χ1) is 6.15. The van der Waals surface area contributed by atoms with E-state index < -0.39 is 5.97 Å². The van der Waals surface area contributed by atoms with Crippen LogP contribution in [0.3, 0.4) is 0 Å². The molecule has 1 saturated carbocycles. The Bertz CT molecular complexity index is 212. The number of carboxylic acid groups (broad SMARTS) is 1. The quantitative estimate of drug-likeness (QED) is 0.669. The monoisotopic (exact) mass is 186 g/mol. The van der Waals surface area contributed by atoms with Crippen LogP contribution >= 0.6 is 0 Å². The van der Waals surface area contributed by atoms with Gasteiger partial charge in [0.25, 0.3) is 0 Å². The summed E-state index contributed by atoms with van der Waals surface area (Å²) in [6, 6.07) is 0. The zero-order valence-corrected chi connectivity index (χ0v) is 7.66. The van der Waals surface area contributed by atoms with E-state index >= 15 is 0 Å². The molecule has 1 rings (SSSR count). The van der Waals surface area contributed by atoms with Crippen molar-refractivity contribution in [3.05, 3.63) is 0 Å². The van der Waals surface area contributed by atoms with Gasteiger partial charge in [-0.2, -0.15) is 0 Å². The SMILES string of the molecule is COC(=O)C[C@@H]1CCC[C@H]1C(=O)O. The molecule has 0 aromatic carbocycles. The number of ether oxygens (including phenoxy) is 1. The first-order valence-corrected chi connectivity index (χ1v) is 4.44. The molecule has 0 aliphatic heterocycles. The molecule has 0 bridgehead atoms. The lowest BCUT2D eigenvalue weighted by Gasteiger charge is -2.13. The molecular weight excluding hydrogens is 172 g/mol. The summed E-state index contributed by atoms with van der Waals surface area (Å²) in [7, 11) is 1.33. The van der Waals surface area contributed by atoms with Crippen molar-refractivity contribution in [2.24, 2.45) is 11.8 Å². The van der Waals surface area contributed by atoms with Gasteiger partial charge in [0.15, 0.2) is 0 Å². The lowest BCUT2D eigenvalue weighted by molar-refractivity contribution is -0.145. The molecule has 1 N–H and O–H groups in total. The molecule has 0 spiro atoms. The molecule has 13 heavy (non-hydrogen) atoms. The number of esters is 1. The van der Waals surface area contributed by atoms with Crippen molar-refractivity contribution in [1.82, 2.24) is 0 Å². The molecule has 2 atom stereocenters. The number of hydrogen-bond acceptors (Lipinski definition) is 3. The number of aliphatic carboxylic acids is 1. The fraction of sp³-hybridized carbons (Fsp3) is 0.778. The first-order valence-electron chi connectivity index (χ1n) is 4.44. The molecule has 1 aliphatic rings. The van der Waals surface area contributed by atoms with Gasteiger partial charge in [-0.3, -0.25) is 9.59 Å². The average molecular weight is 186 g/mol. The summed E-state index contributed by atoms with van der Waals surface area (Å²) in [6.07, 6.45) is 2.66. The van der Waals surface area contributed by atoms with Crippen LogP contribution in [-0.4, -0.2) is 24.2 Å². The highest BCUT2D eigenvalue weighted by Gasteiger charge is 2.34. The average Bonchev–Trinajstić information content (AvgIpc) is 2.52. The van der Waals surface area contributed by atoms with Crippen LogP contribution in [0.4, 0.5) is 0 Å². The maximum absolute atomic E-state index is 10.9. The van der Waals surface area contributed by atoms with E-state index in [2.05, 4.69) is 4.74 Å². The molecule has 0 radical (unpaired) electrons. The fourth-order valence-electron chi connectivity index (χ4n) is 1.90. The van der Waals surface area contributed by atoms with Gasteiger partial charge < -0.3 is 9.84 Å². The highest BCUT2D eigenvalue weighted by atomic mass is 16.5. The van der Waals surface area contributed by atoms with Gasteiger partial charge >= 0.3 is 11.9 Å². The van der Waals surface area contributed by atoms with E-state index in [1.807, 2.05) is 0 Å². The van der Waals surface area contributed by atoms with E-state index in [9.17, 15) is 9.59 Å². The number of carboxylic acids is 1. The Hall–Kier alpha value is -1.06. The van der Waals surface area contributed by atoms with Crippen molar-refractivity contribution in [3.63, 3.8) is 0 Å².